The number of carbonyl (C=O) groups excluding carboxylic acids is 1. The summed E-state index contributed by atoms with van der Waals surface area (Å²) >= 11 is 0. The number of benzene rings is 1. The molecule has 1 amide bonds. The van der Waals surface area contributed by atoms with E-state index in [1.807, 2.05) is 0 Å². The molecule has 1 aliphatic rings. The predicted molar refractivity (Wildman–Crippen MR) is 88.8 cm³/mol. The van der Waals surface area contributed by atoms with E-state index in [-0.39, 0.29) is 11.4 Å². The molecule has 0 spiro atoms. The maximum absolute atomic E-state index is 14.0. The molecule has 1 aromatic heterocycles. The van der Waals surface area contributed by atoms with Gasteiger partial charge in [-0.3, -0.25) is 9.59 Å². The van der Waals surface area contributed by atoms with Crippen LogP contribution in [0.15, 0.2) is 35.1 Å². The molecule has 126 valence electrons. The van der Waals surface area contributed by atoms with E-state index < -0.39 is 17.2 Å². The summed E-state index contributed by atoms with van der Waals surface area (Å²) in [6.07, 6.45) is 4.56. The van der Waals surface area contributed by atoms with Crippen molar-refractivity contribution in [3.63, 3.8) is 0 Å². The number of carbonyl (C=O) groups is 1. The van der Waals surface area contributed by atoms with Crippen LogP contribution in [0.25, 0.3) is 5.69 Å². The summed E-state index contributed by atoms with van der Waals surface area (Å²) < 4.78 is 15.3. The van der Waals surface area contributed by atoms with Gasteiger partial charge >= 0.3 is 0 Å². The highest BCUT2D eigenvalue weighted by Crippen LogP contribution is 2.23. The Morgan fingerprint density at radius 3 is 2.75 bits per heavy atom. The lowest BCUT2D eigenvalue weighted by Gasteiger charge is -2.13. The van der Waals surface area contributed by atoms with Gasteiger partial charge in [-0.1, -0.05) is 25.0 Å². The summed E-state index contributed by atoms with van der Waals surface area (Å²) in [5.41, 5.74) is 0.0168. The maximum atomic E-state index is 14.0. The van der Waals surface area contributed by atoms with Gasteiger partial charge in [0.25, 0.3) is 5.91 Å². The van der Waals surface area contributed by atoms with Crippen LogP contribution in [0.2, 0.25) is 0 Å². The number of halogens is 1. The number of aromatic nitrogens is 2. The lowest BCUT2D eigenvalue weighted by atomic mass is 10.1. The van der Waals surface area contributed by atoms with Crippen LogP contribution in [0.4, 0.5) is 4.39 Å². The highest BCUT2D eigenvalue weighted by atomic mass is 19.1. The van der Waals surface area contributed by atoms with Crippen molar-refractivity contribution < 1.29 is 9.18 Å². The third-order valence-corrected chi connectivity index (χ3v) is 4.43. The monoisotopic (exact) mass is 329 g/mol. The van der Waals surface area contributed by atoms with Gasteiger partial charge in [-0.2, -0.15) is 5.10 Å². The third-order valence-electron chi connectivity index (χ3n) is 4.43. The molecule has 1 N–H and O–H groups in total. The zero-order valence-electron chi connectivity index (χ0n) is 13.6. The first-order chi connectivity index (χ1) is 11.6. The highest BCUT2D eigenvalue weighted by molar-refractivity contribution is 5.92. The van der Waals surface area contributed by atoms with Crippen LogP contribution < -0.4 is 10.7 Å². The molecule has 1 aliphatic carbocycles. The number of nitrogens with zero attached hydrogens (tertiary/aromatic N) is 2. The lowest BCUT2D eigenvalue weighted by molar-refractivity contribution is 0.0939. The number of amides is 1. The molecular weight excluding hydrogens is 309 g/mol. The number of hydrogen-bond acceptors (Lipinski definition) is 3. The SMILES string of the molecule is Cc1cc(=O)c(C(=O)NCC2CCCC2)nn1-c1ccccc1F. The van der Waals surface area contributed by atoms with E-state index in [1.165, 1.54) is 29.7 Å². The molecule has 0 saturated heterocycles. The average molecular weight is 329 g/mol. The fourth-order valence-corrected chi connectivity index (χ4v) is 3.11. The molecule has 0 unspecified atom stereocenters. The summed E-state index contributed by atoms with van der Waals surface area (Å²) in [4.78, 5) is 24.4. The fourth-order valence-electron chi connectivity index (χ4n) is 3.11. The van der Waals surface area contributed by atoms with Gasteiger partial charge in [0.05, 0.1) is 0 Å². The van der Waals surface area contributed by atoms with Crippen LogP contribution in [0.5, 0.6) is 0 Å². The minimum atomic E-state index is -0.503. The molecule has 3 rings (SSSR count). The fraction of sp³-hybridized carbons (Fsp3) is 0.389. The molecule has 0 aliphatic heterocycles. The van der Waals surface area contributed by atoms with Crippen molar-refractivity contribution in [3.05, 3.63) is 57.8 Å². The Morgan fingerprint density at radius 2 is 2.04 bits per heavy atom. The Bertz CT molecular complexity index is 810. The van der Waals surface area contributed by atoms with Crippen LogP contribution in [0, 0.1) is 18.7 Å². The van der Waals surface area contributed by atoms with E-state index in [0.717, 1.165) is 12.8 Å². The summed E-state index contributed by atoms with van der Waals surface area (Å²) in [5, 5.41) is 6.89. The van der Waals surface area contributed by atoms with Gasteiger partial charge in [-0.15, -0.1) is 0 Å². The Morgan fingerprint density at radius 1 is 1.33 bits per heavy atom. The van der Waals surface area contributed by atoms with Gasteiger partial charge in [0.15, 0.2) is 5.69 Å². The van der Waals surface area contributed by atoms with E-state index in [1.54, 1.807) is 25.1 Å². The maximum Gasteiger partial charge on any atom is 0.275 e. The largest absolute Gasteiger partial charge is 0.350 e. The number of rotatable bonds is 4. The molecule has 2 aromatic rings. The Balaban J connectivity index is 1.88. The van der Waals surface area contributed by atoms with Gasteiger partial charge < -0.3 is 5.32 Å². The minimum Gasteiger partial charge on any atom is -0.350 e. The van der Waals surface area contributed by atoms with Crippen molar-refractivity contribution in [2.24, 2.45) is 5.92 Å². The van der Waals surface area contributed by atoms with Gasteiger partial charge in [0.2, 0.25) is 5.43 Å². The van der Waals surface area contributed by atoms with E-state index in [4.69, 9.17) is 0 Å². The van der Waals surface area contributed by atoms with Crippen LogP contribution in [0.3, 0.4) is 0 Å². The van der Waals surface area contributed by atoms with Crippen LogP contribution in [-0.2, 0) is 0 Å². The molecule has 5 nitrogen and oxygen atoms in total. The zero-order valence-corrected chi connectivity index (χ0v) is 13.6. The van der Waals surface area contributed by atoms with Gasteiger partial charge in [-0.05, 0) is 37.8 Å². The molecule has 6 heteroatoms. The quantitative estimate of drug-likeness (QED) is 0.938. The smallest absolute Gasteiger partial charge is 0.275 e. The molecule has 24 heavy (non-hydrogen) atoms. The minimum absolute atomic E-state index is 0.207. The van der Waals surface area contributed by atoms with Crippen molar-refractivity contribution in [3.8, 4) is 5.69 Å². The molecule has 1 aromatic carbocycles. The summed E-state index contributed by atoms with van der Waals surface area (Å²) in [5.74, 6) is -0.501. The molecular formula is C18H20FN3O2. The van der Waals surface area contributed by atoms with E-state index >= 15 is 0 Å². The van der Waals surface area contributed by atoms with Crippen molar-refractivity contribution >= 4 is 5.91 Å². The van der Waals surface area contributed by atoms with E-state index in [9.17, 15) is 14.0 Å². The van der Waals surface area contributed by atoms with Crippen LogP contribution in [0.1, 0.15) is 41.9 Å². The highest BCUT2D eigenvalue weighted by Gasteiger charge is 2.19. The number of aryl methyl sites for hydroxylation is 1. The Hall–Kier alpha value is -2.50. The summed E-state index contributed by atoms with van der Waals surface area (Å²) in [6.45, 7) is 2.20. The zero-order chi connectivity index (χ0) is 17.1. The first-order valence-electron chi connectivity index (χ1n) is 8.20. The molecule has 1 heterocycles. The second kappa shape index (κ2) is 6.95. The van der Waals surface area contributed by atoms with Gasteiger partial charge in [-0.25, -0.2) is 9.07 Å². The average Bonchev–Trinajstić information content (AvgIpc) is 3.07. The van der Waals surface area contributed by atoms with Crippen LogP contribution >= 0.6 is 0 Å². The number of hydrogen-bond donors (Lipinski definition) is 1. The van der Waals surface area contributed by atoms with Crippen molar-refractivity contribution in [2.75, 3.05) is 6.54 Å². The first kappa shape index (κ1) is 16.4. The van der Waals surface area contributed by atoms with Gasteiger partial charge in [0, 0.05) is 18.3 Å². The second-order valence-electron chi connectivity index (χ2n) is 6.22. The first-order valence-corrected chi connectivity index (χ1v) is 8.20. The summed E-state index contributed by atoms with van der Waals surface area (Å²) in [7, 11) is 0. The topological polar surface area (TPSA) is 64.0 Å². The molecule has 0 atom stereocenters. The Kier molecular flexibility index (Phi) is 4.74. The summed E-state index contributed by atoms with van der Waals surface area (Å²) in [6, 6.07) is 7.43. The molecule has 0 bridgehead atoms. The molecule has 1 fully saturated rings. The van der Waals surface area contributed by atoms with Crippen molar-refractivity contribution in [2.45, 2.75) is 32.6 Å². The van der Waals surface area contributed by atoms with Crippen LogP contribution in [-0.4, -0.2) is 22.2 Å². The van der Waals surface area contributed by atoms with Crippen molar-refractivity contribution in [1.29, 1.82) is 0 Å². The van der Waals surface area contributed by atoms with E-state index in [2.05, 4.69) is 10.4 Å². The third kappa shape index (κ3) is 3.37. The molecule has 1 saturated carbocycles. The lowest BCUT2D eigenvalue weighted by Crippen LogP contribution is -2.34. The Labute approximate surface area is 139 Å². The number of para-hydroxylation sites is 1. The number of nitrogens with one attached hydrogen (secondary N) is 1. The van der Waals surface area contributed by atoms with E-state index in [0.29, 0.717) is 18.2 Å². The molecule has 0 radical (unpaired) electrons. The normalized spacial score (nSPS) is 14.8. The van der Waals surface area contributed by atoms with Crippen molar-refractivity contribution in [1.82, 2.24) is 15.1 Å². The standard InChI is InChI=1S/C18H20FN3O2/c1-12-10-16(23)17(18(24)20-11-13-6-2-3-7-13)21-22(12)15-9-5-4-8-14(15)19/h4-5,8-10,13H,2-3,6-7,11H2,1H3,(H,20,24). The second-order valence-corrected chi connectivity index (χ2v) is 6.22. The van der Waals surface area contributed by atoms with Gasteiger partial charge in [0.1, 0.15) is 11.5 Å². The predicted octanol–water partition coefficient (Wildman–Crippen LogP) is 2.60.